The summed E-state index contributed by atoms with van der Waals surface area (Å²) in [5, 5.41) is 7.23. The fraction of sp³-hybridized carbons (Fsp3) is 0.833. The molecule has 1 aromatic heterocycles. The number of aryl methyl sites for hydroxylation is 1. The summed E-state index contributed by atoms with van der Waals surface area (Å²) in [7, 11) is -1.51. The highest BCUT2D eigenvalue weighted by molar-refractivity contribution is 7.92. The second kappa shape index (κ2) is 7.14. The molecule has 0 saturated heterocycles. The van der Waals surface area contributed by atoms with Gasteiger partial charge in [-0.3, -0.25) is 0 Å². The van der Waals surface area contributed by atoms with Gasteiger partial charge in [-0.1, -0.05) is 0 Å². The Labute approximate surface area is 120 Å². The van der Waals surface area contributed by atoms with Crippen molar-refractivity contribution in [3.05, 3.63) is 12.2 Å². The first kappa shape index (κ1) is 17.1. The van der Waals surface area contributed by atoms with Gasteiger partial charge in [-0.2, -0.15) is 5.10 Å². The SMILES string of the molecule is COCCNCc1ncnn1CCS(=O)(=O)C(C)(C)C. The van der Waals surface area contributed by atoms with E-state index in [2.05, 4.69) is 15.4 Å². The van der Waals surface area contributed by atoms with Crippen molar-refractivity contribution in [1.82, 2.24) is 20.1 Å². The maximum atomic E-state index is 12.1. The minimum atomic E-state index is -3.15. The minimum Gasteiger partial charge on any atom is -0.383 e. The van der Waals surface area contributed by atoms with Gasteiger partial charge in [-0.15, -0.1) is 0 Å². The Kier molecular flexibility index (Phi) is 6.09. The Balaban J connectivity index is 2.55. The molecule has 0 fully saturated rings. The van der Waals surface area contributed by atoms with Gasteiger partial charge in [0.1, 0.15) is 12.2 Å². The highest BCUT2D eigenvalue weighted by Gasteiger charge is 2.28. The van der Waals surface area contributed by atoms with Crippen LogP contribution in [0, 0.1) is 0 Å². The van der Waals surface area contributed by atoms with Crippen molar-refractivity contribution in [2.75, 3.05) is 26.0 Å². The van der Waals surface area contributed by atoms with Crippen molar-refractivity contribution in [3.8, 4) is 0 Å². The lowest BCUT2D eigenvalue weighted by Crippen LogP contribution is -2.32. The molecule has 1 rings (SSSR count). The van der Waals surface area contributed by atoms with Gasteiger partial charge >= 0.3 is 0 Å². The topological polar surface area (TPSA) is 86.1 Å². The van der Waals surface area contributed by atoms with E-state index in [1.54, 1.807) is 32.6 Å². The van der Waals surface area contributed by atoms with Crippen LogP contribution in [0.2, 0.25) is 0 Å². The number of aromatic nitrogens is 3. The van der Waals surface area contributed by atoms with Crippen LogP contribution in [0.4, 0.5) is 0 Å². The van der Waals surface area contributed by atoms with Crippen LogP contribution in [0.3, 0.4) is 0 Å². The van der Waals surface area contributed by atoms with Crippen LogP contribution in [0.5, 0.6) is 0 Å². The van der Waals surface area contributed by atoms with E-state index < -0.39 is 14.6 Å². The quantitative estimate of drug-likeness (QED) is 0.692. The molecule has 0 aliphatic carbocycles. The number of hydrogen-bond acceptors (Lipinski definition) is 6. The van der Waals surface area contributed by atoms with Gasteiger partial charge in [0.15, 0.2) is 9.84 Å². The van der Waals surface area contributed by atoms with Gasteiger partial charge in [0.25, 0.3) is 0 Å². The fourth-order valence-electron chi connectivity index (χ4n) is 1.50. The molecule has 0 aromatic carbocycles. The first-order chi connectivity index (χ1) is 9.28. The molecule has 7 nitrogen and oxygen atoms in total. The molecule has 20 heavy (non-hydrogen) atoms. The van der Waals surface area contributed by atoms with Crippen LogP contribution in [0.25, 0.3) is 0 Å². The molecule has 0 unspecified atom stereocenters. The molecule has 0 radical (unpaired) electrons. The normalized spacial score (nSPS) is 12.8. The molecule has 1 aromatic rings. The third-order valence-corrected chi connectivity index (χ3v) is 5.55. The Hall–Kier alpha value is -0.990. The zero-order valence-electron chi connectivity index (χ0n) is 12.6. The predicted molar refractivity (Wildman–Crippen MR) is 77.1 cm³/mol. The van der Waals surface area contributed by atoms with E-state index in [9.17, 15) is 8.42 Å². The number of nitrogens with one attached hydrogen (secondary N) is 1. The number of nitrogens with zero attached hydrogens (tertiary/aromatic N) is 3. The summed E-state index contributed by atoms with van der Waals surface area (Å²) in [6.07, 6.45) is 1.44. The lowest BCUT2D eigenvalue weighted by Gasteiger charge is -2.19. The van der Waals surface area contributed by atoms with Crippen molar-refractivity contribution in [3.63, 3.8) is 0 Å². The third-order valence-electron chi connectivity index (χ3n) is 2.97. The van der Waals surface area contributed by atoms with E-state index >= 15 is 0 Å². The molecular weight excluding hydrogens is 280 g/mol. The average molecular weight is 304 g/mol. The maximum Gasteiger partial charge on any atom is 0.157 e. The molecule has 0 amide bonds. The zero-order chi connectivity index (χ0) is 15.2. The highest BCUT2D eigenvalue weighted by Crippen LogP contribution is 2.16. The molecule has 116 valence electrons. The van der Waals surface area contributed by atoms with Crippen molar-refractivity contribution >= 4 is 9.84 Å². The molecule has 0 bridgehead atoms. The van der Waals surface area contributed by atoms with Gasteiger partial charge < -0.3 is 10.1 Å². The van der Waals surface area contributed by atoms with Crippen molar-refractivity contribution in [1.29, 1.82) is 0 Å². The first-order valence-electron chi connectivity index (χ1n) is 6.56. The number of rotatable bonds is 8. The molecule has 0 saturated carbocycles. The average Bonchev–Trinajstić information content (AvgIpc) is 2.78. The van der Waals surface area contributed by atoms with E-state index in [1.807, 2.05) is 0 Å². The lowest BCUT2D eigenvalue weighted by molar-refractivity contribution is 0.198. The summed E-state index contributed by atoms with van der Waals surface area (Å²) in [5.41, 5.74) is 0. The molecule has 0 atom stereocenters. The molecule has 8 heteroatoms. The first-order valence-corrected chi connectivity index (χ1v) is 8.22. The standard InChI is InChI=1S/C12H24N4O3S/c1-12(2,3)20(17,18)8-6-16-11(14-10-15-16)9-13-5-7-19-4/h10,13H,5-9H2,1-4H3. The number of hydrogen-bond donors (Lipinski definition) is 1. The number of sulfone groups is 1. The summed E-state index contributed by atoms with van der Waals surface area (Å²) < 4.78 is 29.9. The number of methoxy groups -OCH3 is 1. The van der Waals surface area contributed by atoms with Crippen LogP contribution in [-0.4, -0.2) is 53.9 Å². The van der Waals surface area contributed by atoms with Crippen LogP contribution in [-0.2, 0) is 27.7 Å². The van der Waals surface area contributed by atoms with E-state index in [0.717, 1.165) is 5.82 Å². The molecule has 0 aliphatic heterocycles. The Bertz CT molecular complexity index is 505. The summed E-state index contributed by atoms with van der Waals surface area (Å²) >= 11 is 0. The summed E-state index contributed by atoms with van der Waals surface area (Å²) in [6, 6.07) is 0. The van der Waals surface area contributed by atoms with Crippen molar-refractivity contribution in [2.24, 2.45) is 0 Å². The molecule has 1 N–H and O–H groups in total. The monoisotopic (exact) mass is 304 g/mol. The van der Waals surface area contributed by atoms with Gasteiger partial charge in [-0.25, -0.2) is 18.1 Å². The summed E-state index contributed by atoms with van der Waals surface area (Å²) in [5.74, 6) is 0.787. The summed E-state index contributed by atoms with van der Waals surface area (Å²) in [6.45, 7) is 7.31. The fourth-order valence-corrected chi connectivity index (χ4v) is 2.52. The largest absolute Gasteiger partial charge is 0.383 e. The van der Waals surface area contributed by atoms with E-state index in [1.165, 1.54) is 6.33 Å². The molecule has 1 heterocycles. The Morgan fingerprint density at radius 2 is 2.10 bits per heavy atom. The van der Waals surface area contributed by atoms with Gasteiger partial charge in [0, 0.05) is 13.7 Å². The van der Waals surface area contributed by atoms with Gasteiger partial charge in [0.05, 0.1) is 30.2 Å². The van der Waals surface area contributed by atoms with E-state index in [-0.39, 0.29) is 5.75 Å². The highest BCUT2D eigenvalue weighted by atomic mass is 32.2. The Morgan fingerprint density at radius 3 is 2.70 bits per heavy atom. The van der Waals surface area contributed by atoms with Gasteiger partial charge in [0.2, 0.25) is 0 Å². The minimum absolute atomic E-state index is 0.0604. The van der Waals surface area contributed by atoms with Gasteiger partial charge in [-0.05, 0) is 20.8 Å². The van der Waals surface area contributed by atoms with Crippen molar-refractivity contribution in [2.45, 2.75) is 38.6 Å². The molecule has 0 spiro atoms. The van der Waals surface area contributed by atoms with Crippen LogP contribution >= 0.6 is 0 Å². The summed E-state index contributed by atoms with van der Waals surface area (Å²) in [4.78, 5) is 4.13. The van der Waals surface area contributed by atoms with Crippen molar-refractivity contribution < 1.29 is 13.2 Å². The molecule has 0 aliphatic rings. The molecular formula is C12H24N4O3S. The van der Waals surface area contributed by atoms with Crippen LogP contribution in [0.15, 0.2) is 6.33 Å². The lowest BCUT2D eigenvalue weighted by atomic mass is 10.3. The van der Waals surface area contributed by atoms with Crippen LogP contribution < -0.4 is 5.32 Å². The smallest absolute Gasteiger partial charge is 0.157 e. The van der Waals surface area contributed by atoms with Crippen LogP contribution in [0.1, 0.15) is 26.6 Å². The number of ether oxygens (including phenoxy) is 1. The maximum absolute atomic E-state index is 12.1. The second-order valence-electron chi connectivity index (χ2n) is 5.50. The second-order valence-corrected chi connectivity index (χ2v) is 8.36. The zero-order valence-corrected chi connectivity index (χ0v) is 13.4. The predicted octanol–water partition coefficient (Wildman–Crippen LogP) is 0.227. The third kappa shape index (κ3) is 4.84. The Morgan fingerprint density at radius 1 is 1.40 bits per heavy atom. The van der Waals surface area contributed by atoms with E-state index in [0.29, 0.717) is 26.2 Å². The van der Waals surface area contributed by atoms with E-state index in [4.69, 9.17) is 4.74 Å².